The quantitative estimate of drug-likeness (QED) is 0.637. The van der Waals surface area contributed by atoms with Gasteiger partial charge in [0.2, 0.25) is 0 Å². The molecule has 1 aliphatic carbocycles. The molecule has 0 saturated heterocycles. The van der Waals surface area contributed by atoms with Crippen molar-refractivity contribution in [1.29, 1.82) is 0 Å². The van der Waals surface area contributed by atoms with Crippen molar-refractivity contribution in [3.05, 3.63) is 59.7 Å². The number of rotatable bonds is 4. The fourth-order valence-electron chi connectivity index (χ4n) is 2.75. The van der Waals surface area contributed by atoms with Gasteiger partial charge in [0.25, 0.3) is 5.24 Å². The highest BCUT2D eigenvalue weighted by molar-refractivity contribution is 6.64. The van der Waals surface area contributed by atoms with Gasteiger partial charge in [-0.3, -0.25) is 4.79 Å². The summed E-state index contributed by atoms with van der Waals surface area (Å²) in [5, 5.41) is -0.742. The van der Waals surface area contributed by atoms with Gasteiger partial charge in [-0.1, -0.05) is 48.5 Å². The number of hydrogen-bond donors (Lipinski definition) is 0. The van der Waals surface area contributed by atoms with Crippen molar-refractivity contribution in [1.82, 2.24) is 0 Å². The maximum absolute atomic E-state index is 11.5. The SMILES string of the molecule is O=C(Cl)COC(=O)OCC1c2ccccc2-c2ccccc21. The van der Waals surface area contributed by atoms with E-state index in [9.17, 15) is 9.59 Å². The second kappa shape index (κ2) is 6.20. The molecule has 5 heteroatoms. The Balaban J connectivity index is 1.77. The first kappa shape index (κ1) is 14.6. The van der Waals surface area contributed by atoms with E-state index in [1.165, 1.54) is 0 Å². The fraction of sp³-hybridized carbons (Fsp3) is 0.176. The predicted molar refractivity (Wildman–Crippen MR) is 81.9 cm³/mol. The number of halogens is 1. The summed E-state index contributed by atoms with van der Waals surface area (Å²) in [4.78, 5) is 22.0. The van der Waals surface area contributed by atoms with Crippen molar-refractivity contribution >= 4 is 23.0 Å². The lowest BCUT2D eigenvalue weighted by molar-refractivity contribution is -0.115. The van der Waals surface area contributed by atoms with Gasteiger partial charge in [0.1, 0.15) is 6.61 Å². The molecule has 2 aromatic rings. The van der Waals surface area contributed by atoms with E-state index in [4.69, 9.17) is 16.3 Å². The lowest BCUT2D eigenvalue weighted by Crippen LogP contribution is -2.15. The van der Waals surface area contributed by atoms with Crippen LogP contribution in [0.15, 0.2) is 48.5 Å². The molecule has 0 saturated carbocycles. The molecule has 2 aromatic carbocycles. The molecule has 0 spiro atoms. The molecule has 0 aliphatic heterocycles. The van der Waals surface area contributed by atoms with Gasteiger partial charge in [-0.2, -0.15) is 0 Å². The fourth-order valence-corrected chi connectivity index (χ4v) is 2.80. The Hall–Kier alpha value is -2.33. The third kappa shape index (κ3) is 2.83. The van der Waals surface area contributed by atoms with E-state index in [0.717, 1.165) is 22.3 Å². The molecular formula is C17H13ClO4. The minimum Gasteiger partial charge on any atom is -0.433 e. The summed E-state index contributed by atoms with van der Waals surface area (Å²) in [5.41, 5.74) is 4.53. The minimum atomic E-state index is -0.893. The first-order chi connectivity index (χ1) is 10.7. The zero-order valence-electron chi connectivity index (χ0n) is 11.6. The molecule has 0 radical (unpaired) electrons. The van der Waals surface area contributed by atoms with E-state index < -0.39 is 18.0 Å². The zero-order chi connectivity index (χ0) is 15.5. The average molecular weight is 317 g/mol. The molecule has 4 nitrogen and oxygen atoms in total. The van der Waals surface area contributed by atoms with Gasteiger partial charge in [0.15, 0.2) is 6.61 Å². The minimum absolute atomic E-state index is 0.0355. The summed E-state index contributed by atoms with van der Waals surface area (Å²) in [7, 11) is 0. The van der Waals surface area contributed by atoms with E-state index >= 15 is 0 Å². The number of ether oxygens (including phenoxy) is 2. The van der Waals surface area contributed by atoms with Crippen LogP contribution in [0.3, 0.4) is 0 Å². The normalized spacial score (nSPS) is 12.4. The molecule has 0 amide bonds. The number of benzene rings is 2. The van der Waals surface area contributed by atoms with Gasteiger partial charge < -0.3 is 9.47 Å². The second-order valence-corrected chi connectivity index (χ2v) is 5.35. The molecule has 0 atom stereocenters. The molecule has 0 N–H and O–H groups in total. The number of hydrogen-bond acceptors (Lipinski definition) is 4. The summed E-state index contributed by atoms with van der Waals surface area (Å²) >= 11 is 5.11. The topological polar surface area (TPSA) is 52.6 Å². The molecular weight excluding hydrogens is 304 g/mol. The molecule has 112 valence electrons. The van der Waals surface area contributed by atoms with Crippen LogP contribution in [0.1, 0.15) is 17.0 Å². The summed E-state index contributed by atoms with van der Waals surface area (Å²) < 4.78 is 9.71. The van der Waals surface area contributed by atoms with Crippen LogP contribution in [0.4, 0.5) is 4.79 Å². The van der Waals surface area contributed by atoms with Crippen LogP contribution in [-0.2, 0) is 14.3 Å². The highest BCUT2D eigenvalue weighted by Gasteiger charge is 2.29. The lowest BCUT2D eigenvalue weighted by atomic mass is 9.98. The van der Waals surface area contributed by atoms with Crippen molar-refractivity contribution in [3.8, 4) is 11.1 Å². The van der Waals surface area contributed by atoms with Crippen LogP contribution in [0.5, 0.6) is 0 Å². The monoisotopic (exact) mass is 316 g/mol. The standard InChI is InChI=1S/C17H13ClO4/c18-16(19)10-22-17(20)21-9-15-13-7-3-1-5-11(13)12-6-2-4-8-14(12)15/h1-8,15H,9-10H2. The Bertz CT molecular complexity index is 681. The number of carbonyl (C=O) groups is 2. The second-order valence-electron chi connectivity index (χ2n) is 4.93. The van der Waals surface area contributed by atoms with Gasteiger partial charge in [-0.25, -0.2) is 4.79 Å². The molecule has 22 heavy (non-hydrogen) atoms. The van der Waals surface area contributed by atoms with Crippen LogP contribution >= 0.6 is 11.6 Å². The average Bonchev–Trinajstić information content (AvgIpc) is 2.85. The molecule has 0 aromatic heterocycles. The molecule has 0 unspecified atom stereocenters. The Morgan fingerprint density at radius 1 is 0.909 bits per heavy atom. The van der Waals surface area contributed by atoms with E-state index in [0.29, 0.717) is 0 Å². The van der Waals surface area contributed by atoms with Crippen molar-refractivity contribution < 1.29 is 19.1 Å². The van der Waals surface area contributed by atoms with Gasteiger partial charge in [-0.05, 0) is 33.9 Å². The Kier molecular flexibility index (Phi) is 4.11. The summed E-state index contributed by atoms with van der Waals surface area (Å²) in [6.07, 6.45) is -0.893. The highest BCUT2D eigenvalue weighted by Crippen LogP contribution is 2.44. The van der Waals surface area contributed by atoms with E-state index in [1.807, 2.05) is 36.4 Å². The van der Waals surface area contributed by atoms with Crippen LogP contribution in [0.25, 0.3) is 11.1 Å². The van der Waals surface area contributed by atoms with Crippen molar-refractivity contribution in [2.75, 3.05) is 13.2 Å². The predicted octanol–water partition coefficient (Wildman–Crippen LogP) is 3.72. The smallest absolute Gasteiger partial charge is 0.433 e. The maximum Gasteiger partial charge on any atom is 0.508 e. The highest BCUT2D eigenvalue weighted by atomic mass is 35.5. The van der Waals surface area contributed by atoms with Crippen molar-refractivity contribution in [2.24, 2.45) is 0 Å². The van der Waals surface area contributed by atoms with Crippen LogP contribution in [-0.4, -0.2) is 24.6 Å². The van der Waals surface area contributed by atoms with Gasteiger partial charge in [0.05, 0.1) is 0 Å². The van der Waals surface area contributed by atoms with Crippen LogP contribution < -0.4 is 0 Å². The van der Waals surface area contributed by atoms with E-state index in [1.54, 1.807) is 0 Å². The van der Waals surface area contributed by atoms with Gasteiger partial charge in [-0.15, -0.1) is 0 Å². The zero-order valence-corrected chi connectivity index (χ0v) is 12.4. The van der Waals surface area contributed by atoms with Crippen molar-refractivity contribution in [3.63, 3.8) is 0 Å². The molecule has 1 aliphatic rings. The molecule has 0 fully saturated rings. The number of carbonyl (C=O) groups excluding carboxylic acids is 2. The number of fused-ring (bicyclic) bond motifs is 3. The molecule has 3 rings (SSSR count). The summed E-state index contributed by atoms with van der Waals surface area (Å²) in [6.45, 7) is -0.332. The third-order valence-electron chi connectivity index (χ3n) is 3.63. The van der Waals surface area contributed by atoms with E-state index in [2.05, 4.69) is 16.9 Å². The summed E-state index contributed by atoms with van der Waals surface area (Å²) in [5.74, 6) is -0.0355. The lowest BCUT2D eigenvalue weighted by Gasteiger charge is -2.13. The maximum atomic E-state index is 11.5. The largest absolute Gasteiger partial charge is 0.508 e. The first-order valence-electron chi connectivity index (χ1n) is 6.83. The van der Waals surface area contributed by atoms with Gasteiger partial charge >= 0.3 is 6.16 Å². The molecule has 0 bridgehead atoms. The third-order valence-corrected chi connectivity index (χ3v) is 3.74. The first-order valence-corrected chi connectivity index (χ1v) is 7.20. The van der Waals surface area contributed by atoms with E-state index in [-0.39, 0.29) is 12.5 Å². The van der Waals surface area contributed by atoms with Crippen LogP contribution in [0.2, 0.25) is 0 Å². The molecule has 0 heterocycles. The Morgan fingerprint density at radius 3 is 2.00 bits per heavy atom. The Morgan fingerprint density at radius 2 is 1.45 bits per heavy atom. The Labute approximate surface area is 132 Å². The van der Waals surface area contributed by atoms with Crippen LogP contribution in [0, 0.1) is 0 Å². The summed E-state index contributed by atoms with van der Waals surface area (Å²) in [6, 6.07) is 16.0. The van der Waals surface area contributed by atoms with Crippen molar-refractivity contribution in [2.45, 2.75) is 5.92 Å². The van der Waals surface area contributed by atoms with Gasteiger partial charge in [0, 0.05) is 5.92 Å².